The van der Waals surface area contributed by atoms with E-state index in [1.165, 1.54) is 0 Å². The Kier molecular flexibility index (Phi) is 4.35. The van der Waals surface area contributed by atoms with Gasteiger partial charge in [0.2, 0.25) is 0 Å². The Labute approximate surface area is 92.9 Å². The van der Waals surface area contributed by atoms with Crippen LogP contribution in [-0.4, -0.2) is 11.7 Å². The van der Waals surface area contributed by atoms with E-state index in [4.69, 9.17) is 5.11 Å². The molecule has 1 nitrogen and oxygen atoms in total. The van der Waals surface area contributed by atoms with Gasteiger partial charge in [0.1, 0.15) is 17.5 Å². The molecule has 16 heavy (non-hydrogen) atoms. The number of aliphatic hydroxyl groups excluding tert-OH is 1. The lowest BCUT2D eigenvalue weighted by molar-refractivity contribution is 0.257. The van der Waals surface area contributed by atoms with Crippen molar-refractivity contribution in [3.63, 3.8) is 0 Å². The summed E-state index contributed by atoms with van der Waals surface area (Å²) < 4.78 is 39.7. The van der Waals surface area contributed by atoms with E-state index in [1.807, 2.05) is 13.8 Å². The van der Waals surface area contributed by atoms with Crippen molar-refractivity contribution in [2.75, 3.05) is 6.61 Å². The van der Waals surface area contributed by atoms with E-state index in [-0.39, 0.29) is 24.5 Å². The second kappa shape index (κ2) is 5.34. The summed E-state index contributed by atoms with van der Waals surface area (Å²) in [7, 11) is 0. The Balaban J connectivity index is 3.18. The molecule has 0 aliphatic rings. The van der Waals surface area contributed by atoms with Crippen LogP contribution in [0.2, 0.25) is 0 Å². The number of benzene rings is 1. The zero-order chi connectivity index (χ0) is 12.3. The highest BCUT2D eigenvalue weighted by Gasteiger charge is 2.23. The zero-order valence-electron chi connectivity index (χ0n) is 9.30. The van der Waals surface area contributed by atoms with Gasteiger partial charge in [0.05, 0.1) is 0 Å². The standard InChI is InChI=1S/C12H15F3O/c1-7(2)9(3-4-16)12-10(14)5-8(13)6-11(12)15/h5-7,9,16H,3-4H2,1-2H3/t9-/m0/s1. The minimum absolute atomic E-state index is 0.0263. The first-order chi connectivity index (χ1) is 7.47. The van der Waals surface area contributed by atoms with Crippen molar-refractivity contribution in [3.8, 4) is 0 Å². The molecule has 0 unspecified atom stereocenters. The van der Waals surface area contributed by atoms with Gasteiger partial charge in [0, 0.05) is 24.3 Å². The molecule has 0 bridgehead atoms. The summed E-state index contributed by atoms with van der Waals surface area (Å²) in [4.78, 5) is 0. The average molecular weight is 232 g/mol. The van der Waals surface area contributed by atoms with Gasteiger partial charge in [0.25, 0.3) is 0 Å². The Bertz CT molecular complexity index is 340. The summed E-state index contributed by atoms with van der Waals surface area (Å²) in [6.45, 7) is 3.46. The minimum Gasteiger partial charge on any atom is -0.396 e. The molecule has 0 saturated heterocycles. The van der Waals surface area contributed by atoms with Crippen molar-refractivity contribution in [1.82, 2.24) is 0 Å². The highest BCUT2D eigenvalue weighted by Crippen LogP contribution is 2.32. The second-order valence-electron chi connectivity index (χ2n) is 4.15. The molecule has 1 atom stereocenters. The van der Waals surface area contributed by atoms with Crippen LogP contribution in [0.4, 0.5) is 13.2 Å². The Morgan fingerprint density at radius 2 is 1.62 bits per heavy atom. The highest BCUT2D eigenvalue weighted by atomic mass is 19.1. The fraction of sp³-hybridized carbons (Fsp3) is 0.500. The van der Waals surface area contributed by atoms with Crippen molar-refractivity contribution in [2.24, 2.45) is 5.92 Å². The van der Waals surface area contributed by atoms with Crippen LogP contribution >= 0.6 is 0 Å². The molecule has 0 aliphatic carbocycles. The van der Waals surface area contributed by atoms with Crippen LogP contribution in [-0.2, 0) is 0 Å². The molecule has 1 N–H and O–H groups in total. The predicted molar refractivity (Wildman–Crippen MR) is 55.6 cm³/mol. The van der Waals surface area contributed by atoms with Gasteiger partial charge in [-0.3, -0.25) is 0 Å². The van der Waals surface area contributed by atoms with E-state index in [1.54, 1.807) is 0 Å². The molecule has 0 amide bonds. The number of halogens is 3. The quantitative estimate of drug-likeness (QED) is 0.845. The third kappa shape index (κ3) is 2.76. The van der Waals surface area contributed by atoms with Gasteiger partial charge in [-0.1, -0.05) is 13.8 Å². The molecule has 0 fully saturated rings. The van der Waals surface area contributed by atoms with Crippen LogP contribution in [0.3, 0.4) is 0 Å². The van der Waals surface area contributed by atoms with Gasteiger partial charge in [-0.05, 0) is 18.3 Å². The lowest BCUT2D eigenvalue weighted by Gasteiger charge is -2.21. The van der Waals surface area contributed by atoms with Crippen LogP contribution in [0.25, 0.3) is 0 Å². The fourth-order valence-corrected chi connectivity index (χ4v) is 1.86. The van der Waals surface area contributed by atoms with E-state index in [9.17, 15) is 13.2 Å². The summed E-state index contributed by atoms with van der Waals surface area (Å²) in [6.07, 6.45) is 0.261. The monoisotopic (exact) mass is 232 g/mol. The zero-order valence-corrected chi connectivity index (χ0v) is 9.30. The largest absolute Gasteiger partial charge is 0.396 e. The topological polar surface area (TPSA) is 20.2 Å². The maximum Gasteiger partial charge on any atom is 0.132 e. The van der Waals surface area contributed by atoms with Crippen LogP contribution < -0.4 is 0 Å². The smallest absolute Gasteiger partial charge is 0.132 e. The first-order valence-electron chi connectivity index (χ1n) is 5.22. The normalized spacial score (nSPS) is 13.2. The molecule has 1 rings (SSSR count). The predicted octanol–water partition coefficient (Wildman–Crippen LogP) is 3.23. The van der Waals surface area contributed by atoms with Gasteiger partial charge in [0.15, 0.2) is 0 Å². The lowest BCUT2D eigenvalue weighted by atomic mass is 9.85. The van der Waals surface area contributed by atoms with Crippen molar-refractivity contribution >= 4 is 0 Å². The Morgan fingerprint density at radius 1 is 1.12 bits per heavy atom. The van der Waals surface area contributed by atoms with Gasteiger partial charge >= 0.3 is 0 Å². The van der Waals surface area contributed by atoms with Crippen LogP contribution in [0.1, 0.15) is 31.7 Å². The molecule has 0 heterocycles. The van der Waals surface area contributed by atoms with Crippen LogP contribution in [0.15, 0.2) is 12.1 Å². The number of hydrogen-bond acceptors (Lipinski definition) is 1. The number of hydrogen-bond donors (Lipinski definition) is 1. The first-order valence-corrected chi connectivity index (χ1v) is 5.22. The van der Waals surface area contributed by atoms with E-state index >= 15 is 0 Å². The molecule has 1 aromatic rings. The van der Waals surface area contributed by atoms with Gasteiger partial charge in [-0.15, -0.1) is 0 Å². The minimum atomic E-state index is -0.926. The summed E-state index contributed by atoms with van der Waals surface area (Å²) in [5, 5.41) is 8.86. The lowest BCUT2D eigenvalue weighted by Crippen LogP contribution is -2.13. The van der Waals surface area contributed by atoms with Crippen molar-refractivity contribution in [2.45, 2.75) is 26.2 Å². The molecule has 90 valence electrons. The molecule has 0 aromatic heterocycles. The molecule has 0 spiro atoms. The van der Waals surface area contributed by atoms with Crippen LogP contribution in [0.5, 0.6) is 0 Å². The number of aliphatic hydroxyl groups is 1. The van der Waals surface area contributed by atoms with E-state index in [2.05, 4.69) is 0 Å². The SMILES string of the molecule is CC(C)[C@H](CCO)c1c(F)cc(F)cc1F. The molecule has 0 aliphatic heterocycles. The molecular formula is C12H15F3O. The van der Waals surface area contributed by atoms with E-state index in [0.29, 0.717) is 12.1 Å². The molecule has 0 saturated carbocycles. The second-order valence-corrected chi connectivity index (χ2v) is 4.15. The van der Waals surface area contributed by atoms with Crippen molar-refractivity contribution in [1.29, 1.82) is 0 Å². The fourth-order valence-electron chi connectivity index (χ4n) is 1.86. The first kappa shape index (κ1) is 13.0. The summed E-state index contributed by atoms with van der Waals surface area (Å²) in [5.41, 5.74) is -0.134. The maximum absolute atomic E-state index is 13.5. The van der Waals surface area contributed by atoms with E-state index < -0.39 is 23.4 Å². The summed E-state index contributed by atoms with van der Waals surface area (Å²) in [5.74, 6) is -3.16. The van der Waals surface area contributed by atoms with Crippen molar-refractivity contribution in [3.05, 3.63) is 35.1 Å². The molecule has 0 radical (unpaired) electrons. The number of rotatable bonds is 4. The van der Waals surface area contributed by atoms with Gasteiger partial charge in [-0.25, -0.2) is 13.2 Å². The van der Waals surface area contributed by atoms with Gasteiger partial charge < -0.3 is 5.11 Å². The van der Waals surface area contributed by atoms with Crippen molar-refractivity contribution < 1.29 is 18.3 Å². The maximum atomic E-state index is 13.5. The Hall–Kier alpha value is -1.03. The van der Waals surface area contributed by atoms with E-state index in [0.717, 1.165) is 0 Å². The van der Waals surface area contributed by atoms with Gasteiger partial charge in [-0.2, -0.15) is 0 Å². The molecule has 1 aromatic carbocycles. The third-order valence-electron chi connectivity index (χ3n) is 2.66. The summed E-state index contributed by atoms with van der Waals surface area (Å²) >= 11 is 0. The van der Waals surface area contributed by atoms with Crippen LogP contribution in [0, 0.1) is 23.4 Å². The Morgan fingerprint density at radius 3 is 2.00 bits per heavy atom. The highest BCUT2D eigenvalue weighted by molar-refractivity contribution is 5.25. The summed E-state index contributed by atoms with van der Waals surface area (Å²) in [6, 6.07) is 1.34. The average Bonchev–Trinajstić information content (AvgIpc) is 2.14. The third-order valence-corrected chi connectivity index (χ3v) is 2.66. The molecular weight excluding hydrogens is 217 g/mol. The molecule has 4 heteroatoms.